The van der Waals surface area contributed by atoms with Gasteiger partial charge >= 0.3 is 6.03 Å². The first-order valence-corrected chi connectivity index (χ1v) is 8.56. The molecular weight excluding hydrogens is 369 g/mol. The minimum absolute atomic E-state index is 0.144. The van der Waals surface area contributed by atoms with Crippen LogP contribution in [0.15, 0.2) is 39.9 Å². The fraction of sp³-hybridized carbons (Fsp3) is 0.333. The van der Waals surface area contributed by atoms with E-state index in [1.807, 2.05) is 42.0 Å². The summed E-state index contributed by atoms with van der Waals surface area (Å²) in [5.41, 5.74) is 0.934. The van der Waals surface area contributed by atoms with Crippen molar-refractivity contribution in [1.29, 1.82) is 0 Å². The maximum Gasteiger partial charge on any atom is 0.346 e. The van der Waals surface area contributed by atoms with Gasteiger partial charge in [0, 0.05) is 27.8 Å². The van der Waals surface area contributed by atoms with Gasteiger partial charge in [-0.3, -0.25) is 4.57 Å². The molecule has 2 amide bonds. The van der Waals surface area contributed by atoms with Crippen molar-refractivity contribution in [3.63, 3.8) is 0 Å². The molecule has 1 saturated heterocycles. The molecule has 1 aromatic heterocycles. The van der Waals surface area contributed by atoms with Gasteiger partial charge in [0.1, 0.15) is 6.17 Å². The Bertz CT molecular complexity index is 753. The maximum absolute atomic E-state index is 13.2. The molecule has 1 aliphatic rings. The Kier molecular flexibility index (Phi) is 4.44. The zero-order valence-corrected chi connectivity index (χ0v) is 14.4. The van der Waals surface area contributed by atoms with Crippen molar-refractivity contribution in [2.24, 2.45) is 4.99 Å². The quantitative estimate of drug-likeness (QED) is 0.739. The van der Waals surface area contributed by atoms with Crippen LogP contribution in [-0.4, -0.2) is 34.8 Å². The van der Waals surface area contributed by atoms with Crippen molar-refractivity contribution in [3.05, 3.63) is 44.6 Å². The third kappa shape index (κ3) is 3.30. The maximum atomic E-state index is 13.2. The molecule has 1 aliphatic heterocycles. The number of hydrogen-bond donors (Lipinski definition) is 0. The number of rotatable bonds is 1. The van der Waals surface area contributed by atoms with Crippen LogP contribution in [0.2, 0.25) is 0 Å². The predicted molar refractivity (Wildman–Crippen MR) is 88.1 cm³/mol. The average Bonchev–Trinajstić information content (AvgIpc) is 3.06. The first-order chi connectivity index (χ1) is 10.5. The molecule has 0 bridgehead atoms. The van der Waals surface area contributed by atoms with E-state index in [-0.39, 0.29) is 12.6 Å². The fourth-order valence-electron chi connectivity index (χ4n) is 2.36. The molecule has 0 radical (unpaired) electrons. The molecule has 0 saturated carbocycles. The van der Waals surface area contributed by atoms with Gasteiger partial charge in [0.05, 0.1) is 6.54 Å². The van der Waals surface area contributed by atoms with Crippen LogP contribution in [0, 0.1) is 6.92 Å². The molecule has 4 nitrogen and oxygen atoms in total. The number of nitrogens with zero attached hydrogens (tertiary/aromatic N) is 3. The molecule has 0 N–H and O–H groups in total. The van der Waals surface area contributed by atoms with Gasteiger partial charge in [-0.25, -0.2) is 9.18 Å². The second-order valence-corrected chi connectivity index (χ2v) is 7.33. The van der Waals surface area contributed by atoms with Crippen molar-refractivity contribution < 1.29 is 9.18 Å². The summed E-state index contributed by atoms with van der Waals surface area (Å²) in [6.07, 6.45) is 1.42. The molecule has 2 heterocycles. The van der Waals surface area contributed by atoms with Crippen LogP contribution in [-0.2, 0) is 0 Å². The Labute approximate surface area is 140 Å². The van der Waals surface area contributed by atoms with E-state index in [1.54, 1.807) is 0 Å². The highest BCUT2D eigenvalue weighted by Gasteiger charge is 2.25. The summed E-state index contributed by atoms with van der Waals surface area (Å²) in [6.45, 7) is 2.55. The summed E-state index contributed by atoms with van der Waals surface area (Å²) in [7, 11) is 0. The fourth-order valence-corrected chi connectivity index (χ4v) is 3.45. The highest BCUT2D eigenvalue weighted by atomic mass is 79.9. The second-order valence-electron chi connectivity index (χ2n) is 5.20. The van der Waals surface area contributed by atoms with Crippen LogP contribution in [0.4, 0.5) is 9.18 Å². The molecule has 1 atom stereocenters. The number of likely N-dealkylation sites (tertiary alicyclic amines) is 1. The van der Waals surface area contributed by atoms with Crippen molar-refractivity contribution in [1.82, 2.24) is 9.47 Å². The van der Waals surface area contributed by atoms with Gasteiger partial charge in [0.2, 0.25) is 0 Å². The third-order valence-corrected chi connectivity index (χ3v) is 4.89. The topological polar surface area (TPSA) is 37.6 Å². The monoisotopic (exact) mass is 383 g/mol. The Hall–Kier alpha value is -1.47. The number of urea groups is 1. The van der Waals surface area contributed by atoms with Crippen LogP contribution in [0.1, 0.15) is 11.3 Å². The molecule has 3 rings (SSSR count). The lowest BCUT2D eigenvalue weighted by molar-refractivity contribution is 0.213. The molecule has 2 aromatic rings. The van der Waals surface area contributed by atoms with Crippen molar-refractivity contribution >= 4 is 33.3 Å². The lowest BCUT2D eigenvalue weighted by atomic mass is 10.3. The minimum Gasteiger partial charge on any atom is -0.320 e. The van der Waals surface area contributed by atoms with E-state index in [0.29, 0.717) is 17.8 Å². The molecule has 116 valence electrons. The smallest absolute Gasteiger partial charge is 0.320 e. The number of aromatic nitrogens is 1. The average molecular weight is 384 g/mol. The van der Waals surface area contributed by atoms with Gasteiger partial charge in [0.25, 0.3) is 0 Å². The molecule has 0 unspecified atom stereocenters. The zero-order chi connectivity index (χ0) is 15.7. The normalized spacial score (nSPS) is 19.0. The summed E-state index contributed by atoms with van der Waals surface area (Å²) in [5.74, 6) is 0. The predicted octanol–water partition coefficient (Wildman–Crippen LogP) is 3.67. The summed E-state index contributed by atoms with van der Waals surface area (Å²) in [6, 6.07) is 7.41. The van der Waals surface area contributed by atoms with E-state index >= 15 is 0 Å². The van der Waals surface area contributed by atoms with Crippen LogP contribution in [0.5, 0.6) is 0 Å². The Balaban J connectivity index is 1.95. The van der Waals surface area contributed by atoms with Gasteiger partial charge in [-0.05, 0) is 37.6 Å². The first kappa shape index (κ1) is 15.4. The SMILES string of the molecule is Cc1cn(-c2ccc(Br)cc2)/c(=N/C(=O)N2CC[C@@H](F)C2)s1. The van der Waals surface area contributed by atoms with Gasteiger partial charge in [0.15, 0.2) is 4.80 Å². The van der Waals surface area contributed by atoms with E-state index in [0.717, 1.165) is 15.0 Å². The van der Waals surface area contributed by atoms with Crippen LogP contribution in [0.3, 0.4) is 0 Å². The lowest BCUT2D eigenvalue weighted by Crippen LogP contribution is -2.28. The second kappa shape index (κ2) is 6.34. The number of thiazole rings is 1. The number of halogens is 2. The number of carbonyl (C=O) groups excluding carboxylic acids is 1. The van der Waals surface area contributed by atoms with Gasteiger partial charge in [-0.15, -0.1) is 11.3 Å². The van der Waals surface area contributed by atoms with E-state index in [4.69, 9.17) is 0 Å². The van der Waals surface area contributed by atoms with Crippen molar-refractivity contribution in [2.75, 3.05) is 13.1 Å². The Morgan fingerprint density at radius 3 is 2.77 bits per heavy atom. The standard InChI is InChI=1S/C15H15BrFN3OS/c1-10-8-20(13-4-2-11(16)3-5-13)15(22-10)18-14(21)19-7-6-12(17)9-19/h2-5,8,12H,6-7,9H2,1H3/b18-15-/t12-/m1/s1. The van der Waals surface area contributed by atoms with Crippen LogP contribution in [0.25, 0.3) is 5.69 Å². The lowest BCUT2D eigenvalue weighted by Gasteiger charge is -2.10. The minimum atomic E-state index is -0.928. The Morgan fingerprint density at radius 2 is 2.14 bits per heavy atom. The summed E-state index contributed by atoms with van der Waals surface area (Å²) < 4.78 is 16.1. The molecule has 1 fully saturated rings. The Morgan fingerprint density at radius 1 is 1.41 bits per heavy atom. The molecule has 1 aromatic carbocycles. The number of hydrogen-bond acceptors (Lipinski definition) is 2. The largest absolute Gasteiger partial charge is 0.346 e. The summed E-state index contributed by atoms with van der Waals surface area (Å²) in [5, 5.41) is 0. The zero-order valence-electron chi connectivity index (χ0n) is 12.0. The third-order valence-electron chi connectivity index (χ3n) is 3.47. The number of carbonyl (C=O) groups is 1. The van der Waals surface area contributed by atoms with E-state index < -0.39 is 6.17 Å². The van der Waals surface area contributed by atoms with E-state index in [2.05, 4.69) is 20.9 Å². The van der Waals surface area contributed by atoms with E-state index in [9.17, 15) is 9.18 Å². The highest BCUT2D eigenvalue weighted by molar-refractivity contribution is 9.10. The first-order valence-electron chi connectivity index (χ1n) is 6.95. The molecular formula is C15H15BrFN3OS. The summed E-state index contributed by atoms with van der Waals surface area (Å²) >= 11 is 4.85. The number of aryl methyl sites for hydroxylation is 1. The van der Waals surface area contributed by atoms with Gasteiger partial charge < -0.3 is 4.90 Å². The highest BCUT2D eigenvalue weighted by Crippen LogP contribution is 2.16. The van der Waals surface area contributed by atoms with Gasteiger partial charge in [-0.1, -0.05) is 15.9 Å². The molecule has 0 aliphatic carbocycles. The van der Waals surface area contributed by atoms with Crippen molar-refractivity contribution in [2.45, 2.75) is 19.5 Å². The number of amides is 2. The van der Waals surface area contributed by atoms with Gasteiger partial charge in [-0.2, -0.15) is 4.99 Å². The molecule has 0 spiro atoms. The number of benzene rings is 1. The van der Waals surface area contributed by atoms with Crippen LogP contribution >= 0.6 is 27.3 Å². The van der Waals surface area contributed by atoms with Crippen LogP contribution < -0.4 is 4.80 Å². The molecule has 22 heavy (non-hydrogen) atoms. The summed E-state index contributed by atoms with van der Waals surface area (Å²) in [4.78, 5) is 19.5. The number of alkyl halides is 1. The van der Waals surface area contributed by atoms with E-state index in [1.165, 1.54) is 16.2 Å². The van der Waals surface area contributed by atoms with Crippen molar-refractivity contribution in [3.8, 4) is 5.69 Å². The molecule has 7 heteroatoms.